The van der Waals surface area contributed by atoms with Crippen molar-refractivity contribution in [1.29, 1.82) is 0 Å². The maximum absolute atomic E-state index is 12.8. The summed E-state index contributed by atoms with van der Waals surface area (Å²) < 4.78 is 11.1. The molecule has 0 radical (unpaired) electrons. The fourth-order valence-electron chi connectivity index (χ4n) is 4.54. The van der Waals surface area contributed by atoms with E-state index in [9.17, 15) is 4.79 Å². The van der Waals surface area contributed by atoms with Gasteiger partial charge in [-0.05, 0) is 45.4 Å². The van der Waals surface area contributed by atoms with Gasteiger partial charge in [-0.1, -0.05) is 0 Å². The minimum absolute atomic E-state index is 0.119. The van der Waals surface area contributed by atoms with Gasteiger partial charge in [-0.15, -0.1) is 0 Å². The van der Waals surface area contributed by atoms with Crippen molar-refractivity contribution in [3.63, 3.8) is 0 Å². The third-order valence-electron chi connectivity index (χ3n) is 5.81. The van der Waals surface area contributed by atoms with Crippen LogP contribution in [0, 0.1) is 17.3 Å². The zero-order chi connectivity index (χ0) is 16.3. The van der Waals surface area contributed by atoms with Gasteiger partial charge in [0.2, 0.25) is 5.91 Å². The molecule has 0 aliphatic carbocycles. The lowest BCUT2D eigenvalue weighted by Gasteiger charge is -2.38. The number of nitrogens with one attached hydrogen (secondary N) is 1. The molecule has 3 fully saturated rings. The molecule has 132 valence electrons. The standard InChI is InChI=1S/C18H32N2O3/c1-14(2)19-17(21)16-12-20(11-15-3-7-22-8-4-15)13-18(16)5-9-23-10-6-18/h14-16H,3-13H2,1-2H3,(H,19,21). The van der Waals surface area contributed by atoms with Crippen molar-refractivity contribution in [1.82, 2.24) is 10.2 Å². The lowest BCUT2D eigenvalue weighted by Crippen LogP contribution is -2.46. The van der Waals surface area contributed by atoms with Crippen LogP contribution in [0.3, 0.4) is 0 Å². The van der Waals surface area contributed by atoms with Crippen LogP contribution in [0.1, 0.15) is 39.5 Å². The number of carbonyl (C=O) groups excluding carboxylic acids is 1. The van der Waals surface area contributed by atoms with Gasteiger partial charge in [0.25, 0.3) is 0 Å². The van der Waals surface area contributed by atoms with Crippen molar-refractivity contribution in [3.05, 3.63) is 0 Å². The number of likely N-dealkylation sites (tertiary alicyclic amines) is 1. The number of nitrogens with zero attached hydrogens (tertiary/aromatic N) is 1. The summed E-state index contributed by atoms with van der Waals surface area (Å²) in [5, 5.41) is 3.15. The quantitative estimate of drug-likeness (QED) is 0.855. The minimum atomic E-state index is 0.119. The minimum Gasteiger partial charge on any atom is -0.381 e. The lowest BCUT2D eigenvalue weighted by atomic mass is 9.71. The summed E-state index contributed by atoms with van der Waals surface area (Å²) in [6.07, 6.45) is 4.37. The van der Waals surface area contributed by atoms with E-state index in [2.05, 4.69) is 10.2 Å². The Morgan fingerprint density at radius 3 is 2.48 bits per heavy atom. The van der Waals surface area contributed by atoms with Crippen molar-refractivity contribution in [3.8, 4) is 0 Å². The van der Waals surface area contributed by atoms with Crippen molar-refractivity contribution in [2.24, 2.45) is 17.3 Å². The maximum atomic E-state index is 12.8. The Labute approximate surface area is 140 Å². The highest BCUT2D eigenvalue weighted by molar-refractivity contribution is 5.80. The molecule has 3 rings (SSSR count). The van der Waals surface area contributed by atoms with E-state index in [0.717, 1.165) is 77.7 Å². The van der Waals surface area contributed by atoms with Gasteiger partial charge < -0.3 is 19.7 Å². The molecule has 5 nitrogen and oxygen atoms in total. The number of ether oxygens (including phenoxy) is 2. The molecule has 5 heteroatoms. The van der Waals surface area contributed by atoms with Gasteiger partial charge in [-0.25, -0.2) is 0 Å². The molecular formula is C18H32N2O3. The molecule has 1 amide bonds. The van der Waals surface area contributed by atoms with Crippen LogP contribution in [0.25, 0.3) is 0 Å². The van der Waals surface area contributed by atoms with E-state index in [-0.39, 0.29) is 23.3 Å². The van der Waals surface area contributed by atoms with Crippen LogP contribution < -0.4 is 5.32 Å². The first-order valence-electron chi connectivity index (χ1n) is 9.27. The van der Waals surface area contributed by atoms with Gasteiger partial charge in [0, 0.05) is 57.5 Å². The van der Waals surface area contributed by atoms with Crippen molar-refractivity contribution in [2.75, 3.05) is 46.1 Å². The molecule has 3 heterocycles. The first-order chi connectivity index (χ1) is 11.1. The Morgan fingerprint density at radius 1 is 1.17 bits per heavy atom. The van der Waals surface area contributed by atoms with E-state index in [1.54, 1.807) is 0 Å². The number of hydrogen-bond acceptors (Lipinski definition) is 4. The summed E-state index contributed by atoms with van der Waals surface area (Å²) in [4.78, 5) is 15.3. The topological polar surface area (TPSA) is 50.8 Å². The number of carbonyl (C=O) groups is 1. The molecule has 1 spiro atoms. The second-order valence-corrected chi connectivity index (χ2v) is 7.94. The van der Waals surface area contributed by atoms with Crippen LogP contribution in [0.15, 0.2) is 0 Å². The summed E-state index contributed by atoms with van der Waals surface area (Å²) in [5.74, 6) is 1.09. The van der Waals surface area contributed by atoms with Crippen LogP contribution in [0.4, 0.5) is 0 Å². The Hall–Kier alpha value is -0.650. The van der Waals surface area contributed by atoms with Gasteiger partial charge in [0.05, 0.1) is 5.92 Å². The molecule has 0 bridgehead atoms. The third-order valence-corrected chi connectivity index (χ3v) is 5.81. The zero-order valence-electron chi connectivity index (χ0n) is 14.7. The van der Waals surface area contributed by atoms with E-state index >= 15 is 0 Å². The summed E-state index contributed by atoms with van der Waals surface area (Å²) in [5.41, 5.74) is 0.127. The van der Waals surface area contributed by atoms with Crippen LogP contribution in [0.5, 0.6) is 0 Å². The van der Waals surface area contributed by atoms with Crippen molar-refractivity contribution < 1.29 is 14.3 Å². The molecule has 1 unspecified atom stereocenters. The summed E-state index contributed by atoms with van der Waals surface area (Å²) in [6.45, 7) is 10.6. The lowest BCUT2D eigenvalue weighted by molar-refractivity contribution is -0.130. The second kappa shape index (κ2) is 7.49. The van der Waals surface area contributed by atoms with Gasteiger partial charge in [-0.2, -0.15) is 0 Å². The number of rotatable bonds is 4. The van der Waals surface area contributed by atoms with E-state index in [4.69, 9.17) is 9.47 Å². The van der Waals surface area contributed by atoms with Gasteiger partial charge in [0.1, 0.15) is 0 Å². The van der Waals surface area contributed by atoms with E-state index in [1.165, 1.54) is 0 Å². The highest BCUT2D eigenvalue weighted by atomic mass is 16.5. The molecule has 0 aromatic carbocycles. The molecule has 1 atom stereocenters. The molecule has 3 saturated heterocycles. The van der Waals surface area contributed by atoms with Crippen LogP contribution in [-0.4, -0.2) is 62.9 Å². The average Bonchev–Trinajstić information content (AvgIpc) is 2.86. The van der Waals surface area contributed by atoms with Crippen LogP contribution in [-0.2, 0) is 14.3 Å². The second-order valence-electron chi connectivity index (χ2n) is 7.94. The molecule has 0 aromatic rings. The molecule has 0 aromatic heterocycles. The Kier molecular flexibility index (Phi) is 5.60. The first-order valence-corrected chi connectivity index (χ1v) is 9.27. The molecule has 0 saturated carbocycles. The Balaban J connectivity index is 1.66. The van der Waals surface area contributed by atoms with Crippen molar-refractivity contribution in [2.45, 2.75) is 45.6 Å². The van der Waals surface area contributed by atoms with E-state index in [0.29, 0.717) is 0 Å². The monoisotopic (exact) mass is 324 g/mol. The highest BCUT2D eigenvalue weighted by Gasteiger charge is 2.50. The molecule has 1 N–H and O–H groups in total. The fourth-order valence-corrected chi connectivity index (χ4v) is 4.54. The Morgan fingerprint density at radius 2 is 1.83 bits per heavy atom. The normalized spacial score (nSPS) is 29.3. The SMILES string of the molecule is CC(C)NC(=O)C1CN(CC2CCOCC2)CC12CCOCC2. The van der Waals surface area contributed by atoms with Gasteiger partial charge >= 0.3 is 0 Å². The molecule has 23 heavy (non-hydrogen) atoms. The van der Waals surface area contributed by atoms with Crippen molar-refractivity contribution >= 4 is 5.91 Å². The maximum Gasteiger partial charge on any atom is 0.225 e. The van der Waals surface area contributed by atoms with E-state index < -0.39 is 0 Å². The van der Waals surface area contributed by atoms with E-state index in [1.807, 2.05) is 13.8 Å². The predicted octanol–water partition coefficient (Wildman–Crippen LogP) is 1.67. The predicted molar refractivity (Wildman–Crippen MR) is 89.2 cm³/mol. The summed E-state index contributed by atoms with van der Waals surface area (Å²) in [7, 11) is 0. The first kappa shape index (κ1) is 17.2. The number of hydrogen-bond donors (Lipinski definition) is 1. The average molecular weight is 324 g/mol. The fraction of sp³-hybridized carbons (Fsp3) is 0.944. The Bertz CT molecular complexity index is 401. The van der Waals surface area contributed by atoms with Crippen LogP contribution >= 0.6 is 0 Å². The van der Waals surface area contributed by atoms with Gasteiger partial charge in [-0.3, -0.25) is 4.79 Å². The molecular weight excluding hydrogens is 292 g/mol. The summed E-state index contributed by atoms with van der Waals surface area (Å²) in [6, 6.07) is 0.212. The largest absolute Gasteiger partial charge is 0.381 e. The molecule has 3 aliphatic heterocycles. The highest BCUT2D eigenvalue weighted by Crippen LogP contribution is 2.44. The van der Waals surface area contributed by atoms with Gasteiger partial charge in [0.15, 0.2) is 0 Å². The summed E-state index contributed by atoms with van der Waals surface area (Å²) >= 11 is 0. The zero-order valence-corrected chi connectivity index (χ0v) is 14.7. The smallest absolute Gasteiger partial charge is 0.225 e. The third kappa shape index (κ3) is 4.06. The number of amides is 1. The molecule has 3 aliphatic rings. The van der Waals surface area contributed by atoms with Crippen LogP contribution in [0.2, 0.25) is 0 Å².